The molecule has 0 bridgehead atoms. The van der Waals surface area contributed by atoms with Gasteiger partial charge < -0.3 is 19.2 Å². The number of hydrogen-bond donors (Lipinski definition) is 1. The molecule has 28 heavy (non-hydrogen) atoms. The summed E-state index contributed by atoms with van der Waals surface area (Å²) in [6, 6.07) is 10.8. The summed E-state index contributed by atoms with van der Waals surface area (Å²) in [5.41, 5.74) is 2.26. The van der Waals surface area contributed by atoms with Crippen molar-refractivity contribution < 1.29 is 13.9 Å². The molecule has 6 heteroatoms. The number of anilines is 2. The number of halogens is 1. The first-order chi connectivity index (χ1) is 13.6. The number of fused-ring (bicyclic) bond motifs is 1. The predicted molar refractivity (Wildman–Crippen MR) is 111 cm³/mol. The highest BCUT2D eigenvalue weighted by atomic mass is 35.5. The standard InChI is InChI=1S/C22H22ClNO4/c1-13-6-5-9-16(23)20(13)24-17-12-19(25)28-21-15(17)10-11-18(26-2)22(21)27-14-7-3-4-8-14/h5-6,9-12,14,24H,3-4,7-8H2,1-2H3. The fourth-order valence-electron chi connectivity index (χ4n) is 3.66. The molecule has 0 saturated heterocycles. The molecule has 2 aromatic carbocycles. The minimum absolute atomic E-state index is 0.104. The Labute approximate surface area is 168 Å². The fourth-order valence-corrected chi connectivity index (χ4v) is 3.93. The second-order valence-electron chi connectivity index (χ2n) is 7.03. The van der Waals surface area contributed by atoms with Crippen LogP contribution < -0.4 is 20.4 Å². The van der Waals surface area contributed by atoms with Gasteiger partial charge in [-0.2, -0.15) is 0 Å². The van der Waals surface area contributed by atoms with Crippen molar-refractivity contribution >= 4 is 33.9 Å². The third kappa shape index (κ3) is 3.54. The first-order valence-corrected chi connectivity index (χ1v) is 9.78. The van der Waals surface area contributed by atoms with Gasteiger partial charge in [0.2, 0.25) is 5.75 Å². The molecule has 146 valence electrons. The Morgan fingerprint density at radius 3 is 2.68 bits per heavy atom. The van der Waals surface area contributed by atoms with Crippen molar-refractivity contribution in [3.8, 4) is 11.5 Å². The van der Waals surface area contributed by atoms with Gasteiger partial charge in [0.05, 0.1) is 29.6 Å². The quantitative estimate of drug-likeness (QED) is 0.547. The molecule has 1 saturated carbocycles. The van der Waals surface area contributed by atoms with E-state index < -0.39 is 5.63 Å². The van der Waals surface area contributed by atoms with Gasteiger partial charge in [-0.15, -0.1) is 0 Å². The van der Waals surface area contributed by atoms with Gasteiger partial charge in [-0.05, 0) is 56.4 Å². The van der Waals surface area contributed by atoms with Crippen LogP contribution in [0.3, 0.4) is 0 Å². The molecule has 1 aliphatic rings. The molecular formula is C22H22ClNO4. The topological polar surface area (TPSA) is 60.7 Å². The van der Waals surface area contributed by atoms with Gasteiger partial charge in [0.15, 0.2) is 11.3 Å². The summed E-state index contributed by atoms with van der Waals surface area (Å²) in [5.74, 6) is 1.03. The van der Waals surface area contributed by atoms with Crippen molar-refractivity contribution in [3.05, 3.63) is 57.4 Å². The Bertz CT molecular complexity index is 1050. The minimum atomic E-state index is -0.468. The van der Waals surface area contributed by atoms with Crippen LogP contribution in [-0.2, 0) is 0 Å². The SMILES string of the molecule is COc1ccc2c(Nc3c(C)cccc3Cl)cc(=O)oc2c1OC1CCCC1. The van der Waals surface area contributed by atoms with Crippen molar-refractivity contribution in [2.45, 2.75) is 38.7 Å². The molecule has 0 amide bonds. The Morgan fingerprint density at radius 2 is 1.96 bits per heavy atom. The van der Waals surface area contributed by atoms with Crippen molar-refractivity contribution in [1.82, 2.24) is 0 Å². The first kappa shape index (κ1) is 18.7. The lowest BCUT2D eigenvalue weighted by Crippen LogP contribution is -2.12. The lowest BCUT2D eigenvalue weighted by Gasteiger charge is -2.18. The summed E-state index contributed by atoms with van der Waals surface area (Å²) in [7, 11) is 1.58. The zero-order valence-corrected chi connectivity index (χ0v) is 16.6. The van der Waals surface area contributed by atoms with E-state index in [1.807, 2.05) is 37.3 Å². The normalized spacial score (nSPS) is 14.4. The van der Waals surface area contributed by atoms with E-state index in [0.29, 0.717) is 27.8 Å². The van der Waals surface area contributed by atoms with E-state index >= 15 is 0 Å². The van der Waals surface area contributed by atoms with E-state index in [0.717, 1.165) is 42.3 Å². The molecule has 4 rings (SSSR count). The number of para-hydroxylation sites is 1. The Morgan fingerprint density at radius 1 is 1.18 bits per heavy atom. The molecule has 1 aromatic heterocycles. The Hall–Kier alpha value is -2.66. The summed E-state index contributed by atoms with van der Waals surface area (Å²) in [6.07, 6.45) is 4.36. The number of nitrogens with one attached hydrogen (secondary N) is 1. The Balaban J connectivity index is 1.85. The molecule has 1 fully saturated rings. The summed E-state index contributed by atoms with van der Waals surface area (Å²) in [6.45, 7) is 1.96. The van der Waals surface area contributed by atoms with Crippen LogP contribution in [0.2, 0.25) is 5.02 Å². The van der Waals surface area contributed by atoms with E-state index in [9.17, 15) is 4.79 Å². The molecule has 3 aromatic rings. The maximum atomic E-state index is 12.3. The number of aryl methyl sites for hydroxylation is 1. The van der Waals surface area contributed by atoms with E-state index in [1.54, 1.807) is 7.11 Å². The second-order valence-corrected chi connectivity index (χ2v) is 7.44. The van der Waals surface area contributed by atoms with Crippen LogP contribution in [0.15, 0.2) is 45.6 Å². The maximum absolute atomic E-state index is 12.3. The lowest BCUT2D eigenvalue weighted by atomic mass is 10.1. The zero-order chi connectivity index (χ0) is 19.7. The third-order valence-electron chi connectivity index (χ3n) is 5.12. The van der Waals surface area contributed by atoms with Gasteiger partial charge in [-0.3, -0.25) is 0 Å². The van der Waals surface area contributed by atoms with Crippen LogP contribution in [-0.4, -0.2) is 13.2 Å². The van der Waals surface area contributed by atoms with Crippen molar-refractivity contribution in [2.75, 3.05) is 12.4 Å². The highest BCUT2D eigenvalue weighted by Gasteiger charge is 2.23. The highest BCUT2D eigenvalue weighted by Crippen LogP contribution is 2.41. The van der Waals surface area contributed by atoms with E-state index in [2.05, 4.69) is 5.32 Å². The van der Waals surface area contributed by atoms with Crippen molar-refractivity contribution in [1.29, 1.82) is 0 Å². The van der Waals surface area contributed by atoms with Crippen LogP contribution >= 0.6 is 11.6 Å². The zero-order valence-electron chi connectivity index (χ0n) is 15.9. The molecule has 0 radical (unpaired) electrons. The molecular weight excluding hydrogens is 378 g/mol. The number of rotatable bonds is 5. The van der Waals surface area contributed by atoms with Crippen LogP contribution in [0.5, 0.6) is 11.5 Å². The number of hydrogen-bond acceptors (Lipinski definition) is 5. The molecule has 0 atom stereocenters. The Kier molecular flexibility index (Phi) is 5.18. The number of ether oxygens (including phenoxy) is 2. The monoisotopic (exact) mass is 399 g/mol. The summed E-state index contributed by atoms with van der Waals surface area (Å²) >= 11 is 6.35. The lowest BCUT2D eigenvalue weighted by molar-refractivity contribution is 0.200. The average Bonchev–Trinajstić information content (AvgIpc) is 3.18. The van der Waals surface area contributed by atoms with Gasteiger partial charge in [0.25, 0.3) is 0 Å². The van der Waals surface area contributed by atoms with Gasteiger partial charge >= 0.3 is 5.63 Å². The van der Waals surface area contributed by atoms with Gasteiger partial charge in [-0.1, -0.05) is 23.7 Å². The smallest absolute Gasteiger partial charge is 0.338 e. The van der Waals surface area contributed by atoms with E-state index in [1.165, 1.54) is 6.07 Å². The molecule has 1 aliphatic carbocycles. The molecule has 0 aliphatic heterocycles. The van der Waals surface area contributed by atoms with Crippen molar-refractivity contribution in [3.63, 3.8) is 0 Å². The largest absolute Gasteiger partial charge is 0.493 e. The molecule has 0 spiro atoms. The maximum Gasteiger partial charge on any atom is 0.338 e. The molecule has 1 N–H and O–H groups in total. The first-order valence-electron chi connectivity index (χ1n) is 9.40. The average molecular weight is 400 g/mol. The van der Waals surface area contributed by atoms with Gasteiger partial charge in [0.1, 0.15) is 0 Å². The molecule has 0 unspecified atom stereocenters. The highest BCUT2D eigenvalue weighted by molar-refractivity contribution is 6.33. The fraction of sp³-hybridized carbons (Fsp3) is 0.318. The van der Waals surface area contributed by atoms with Crippen LogP contribution in [0.4, 0.5) is 11.4 Å². The van der Waals surface area contributed by atoms with Gasteiger partial charge in [0, 0.05) is 11.5 Å². The predicted octanol–water partition coefficient (Wildman–Crippen LogP) is 5.83. The number of methoxy groups -OCH3 is 1. The third-order valence-corrected chi connectivity index (χ3v) is 5.43. The molecule has 1 heterocycles. The van der Waals surface area contributed by atoms with Crippen LogP contribution in [0.1, 0.15) is 31.2 Å². The van der Waals surface area contributed by atoms with Crippen LogP contribution in [0.25, 0.3) is 11.0 Å². The second kappa shape index (κ2) is 7.76. The van der Waals surface area contributed by atoms with Crippen LogP contribution in [0, 0.1) is 6.92 Å². The minimum Gasteiger partial charge on any atom is -0.493 e. The number of benzene rings is 2. The molecule has 5 nitrogen and oxygen atoms in total. The van der Waals surface area contributed by atoms with Gasteiger partial charge in [-0.25, -0.2) is 4.79 Å². The summed E-state index contributed by atoms with van der Waals surface area (Å²) in [4.78, 5) is 12.3. The van der Waals surface area contributed by atoms with E-state index in [4.69, 9.17) is 25.5 Å². The van der Waals surface area contributed by atoms with E-state index in [-0.39, 0.29) is 6.10 Å². The summed E-state index contributed by atoms with van der Waals surface area (Å²) in [5, 5.41) is 4.60. The summed E-state index contributed by atoms with van der Waals surface area (Å²) < 4.78 is 17.2. The van der Waals surface area contributed by atoms with Crippen molar-refractivity contribution in [2.24, 2.45) is 0 Å².